The van der Waals surface area contributed by atoms with Crippen LogP contribution in [0.2, 0.25) is 0 Å². The molecule has 1 aromatic rings. The van der Waals surface area contributed by atoms with Crippen LogP contribution in [0.4, 0.5) is 0 Å². The summed E-state index contributed by atoms with van der Waals surface area (Å²) in [6, 6.07) is 9.29. The number of benzene rings is 1. The van der Waals surface area contributed by atoms with Gasteiger partial charge < -0.3 is 5.11 Å². The lowest BCUT2D eigenvalue weighted by molar-refractivity contribution is -0.0606. The highest BCUT2D eigenvalue weighted by atomic mass is 16.3. The fraction of sp³-hybridized carbons (Fsp3) is 0.700. The molecule has 2 nitrogen and oxygen atoms in total. The van der Waals surface area contributed by atoms with E-state index < -0.39 is 0 Å². The molecule has 1 fully saturated rings. The zero-order valence-corrected chi connectivity index (χ0v) is 14.5. The van der Waals surface area contributed by atoms with E-state index in [1.165, 1.54) is 17.5 Å². The molecule has 1 aliphatic heterocycles. The van der Waals surface area contributed by atoms with E-state index in [0.717, 1.165) is 25.8 Å². The van der Waals surface area contributed by atoms with Crippen LogP contribution in [0.3, 0.4) is 0 Å². The molecule has 122 valence electrons. The molecule has 4 atom stereocenters. The summed E-state index contributed by atoms with van der Waals surface area (Å²) >= 11 is 0. The zero-order chi connectivity index (χ0) is 15.9. The lowest BCUT2D eigenvalue weighted by Crippen LogP contribution is -2.56. The van der Waals surface area contributed by atoms with Gasteiger partial charge in [0.2, 0.25) is 0 Å². The normalized spacial score (nSPS) is 33.5. The summed E-state index contributed by atoms with van der Waals surface area (Å²) in [5, 5.41) is 10.7. The first kappa shape index (κ1) is 16.0. The maximum Gasteiger partial charge on any atom is 0.0588 e. The fourth-order valence-electron chi connectivity index (χ4n) is 4.95. The molecule has 1 N–H and O–H groups in total. The minimum atomic E-state index is -0.150. The molecule has 3 rings (SSSR count). The number of aliphatic hydroxyl groups excluding tert-OH is 1. The molecule has 22 heavy (non-hydrogen) atoms. The SMILES string of the molecule is C[C@@H]1CC[C@@H](C(C)(C)N2CCc3ccccc3[C@H]2C)[C@H](O)C1. The van der Waals surface area contributed by atoms with Gasteiger partial charge >= 0.3 is 0 Å². The van der Waals surface area contributed by atoms with Crippen molar-refractivity contribution >= 4 is 0 Å². The molecule has 2 aliphatic rings. The van der Waals surface area contributed by atoms with Gasteiger partial charge in [0.25, 0.3) is 0 Å². The van der Waals surface area contributed by atoms with Gasteiger partial charge in [0.1, 0.15) is 0 Å². The Morgan fingerprint density at radius 1 is 1.14 bits per heavy atom. The van der Waals surface area contributed by atoms with E-state index in [1.807, 2.05) is 0 Å². The summed E-state index contributed by atoms with van der Waals surface area (Å²) in [5.74, 6) is 1.05. The number of rotatable bonds is 2. The fourth-order valence-corrected chi connectivity index (χ4v) is 4.95. The highest BCUT2D eigenvalue weighted by molar-refractivity contribution is 5.32. The second-order valence-corrected chi connectivity index (χ2v) is 8.06. The van der Waals surface area contributed by atoms with E-state index in [-0.39, 0.29) is 11.6 Å². The van der Waals surface area contributed by atoms with Gasteiger partial charge in [-0.2, -0.15) is 0 Å². The van der Waals surface area contributed by atoms with Crippen molar-refractivity contribution in [2.75, 3.05) is 6.54 Å². The van der Waals surface area contributed by atoms with Gasteiger partial charge in [-0.25, -0.2) is 0 Å². The summed E-state index contributed by atoms with van der Waals surface area (Å²) in [6.45, 7) is 10.4. The number of nitrogens with zero attached hydrogens (tertiary/aromatic N) is 1. The number of fused-ring (bicyclic) bond motifs is 1. The first-order chi connectivity index (χ1) is 10.4. The molecule has 2 heteroatoms. The smallest absolute Gasteiger partial charge is 0.0588 e. The Balaban J connectivity index is 1.84. The molecule has 0 radical (unpaired) electrons. The second kappa shape index (κ2) is 5.98. The molecule has 0 aromatic heterocycles. The van der Waals surface area contributed by atoms with Crippen LogP contribution in [-0.2, 0) is 6.42 Å². The molecule has 1 aromatic carbocycles. The van der Waals surface area contributed by atoms with Crippen molar-refractivity contribution in [3.63, 3.8) is 0 Å². The van der Waals surface area contributed by atoms with Gasteiger partial charge in [0.15, 0.2) is 0 Å². The van der Waals surface area contributed by atoms with Gasteiger partial charge in [0, 0.05) is 24.0 Å². The third kappa shape index (κ3) is 2.72. The van der Waals surface area contributed by atoms with Crippen molar-refractivity contribution in [3.8, 4) is 0 Å². The molecule has 1 aliphatic carbocycles. The summed E-state index contributed by atoms with van der Waals surface area (Å²) in [4.78, 5) is 2.64. The van der Waals surface area contributed by atoms with Crippen LogP contribution in [0.5, 0.6) is 0 Å². The van der Waals surface area contributed by atoms with Crippen molar-refractivity contribution in [2.24, 2.45) is 11.8 Å². The quantitative estimate of drug-likeness (QED) is 0.885. The van der Waals surface area contributed by atoms with Crippen molar-refractivity contribution < 1.29 is 5.11 Å². The van der Waals surface area contributed by atoms with E-state index in [9.17, 15) is 5.11 Å². The third-order valence-corrected chi connectivity index (χ3v) is 6.32. The van der Waals surface area contributed by atoms with E-state index in [4.69, 9.17) is 0 Å². The Hall–Kier alpha value is -0.860. The average molecular weight is 301 g/mol. The van der Waals surface area contributed by atoms with Crippen molar-refractivity contribution in [1.82, 2.24) is 4.90 Å². The van der Waals surface area contributed by atoms with Crippen LogP contribution in [0, 0.1) is 11.8 Å². The standard InChI is InChI=1S/C20H31NO/c1-14-9-10-18(19(22)13-14)20(3,4)21-12-11-16-7-5-6-8-17(16)15(21)2/h5-8,14-15,18-19,22H,9-13H2,1-4H3/t14-,15-,18-,19-/m1/s1. The van der Waals surface area contributed by atoms with Gasteiger partial charge in [0.05, 0.1) is 6.10 Å². The molecule has 1 heterocycles. The predicted molar refractivity (Wildman–Crippen MR) is 91.9 cm³/mol. The first-order valence-electron chi connectivity index (χ1n) is 8.94. The number of hydrogen-bond donors (Lipinski definition) is 1. The van der Waals surface area contributed by atoms with E-state index in [2.05, 4.69) is 56.9 Å². The van der Waals surface area contributed by atoms with Crippen LogP contribution in [0.15, 0.2) is 24.3 Å². The largest absolute Gasteiger partial charge is 0.393 e. The Morgan fingerprint density at radius 3 is 2.59 bits per heavy atom. The van der Waals surface area contributed by atoms with Crippen LogP contribution in [-0.4, -0.2) is 28.2 Å². The monoisotopic (exact) mass is 301 g/mol. The first-order valence-corrected chi connectivity index (χ1v) is 8.94. The second-order valence-electron chi connectivity index (χ2n) is 8.06. The molecular formula is C20H31NO. The predicted octanol–water partition coefficient (Wildman–Crippen LogP) is 4.18. The van der Waals surface area contributed by atoms with Gasteiger partial charge in [-0.3, -0.25) is 4.90 Å². The lowest BCUT2D eigenvalue weighted by Gasteiger charge is -2.52. The Bertz CT molecular complexity index is 524. The van der Waals surface area contributed by atoms with E-state index in [1.54, 1.807) is 0 Å². The summed E-state index contributed by atoms with van der Waals surface area (Å²) in [7, 11) is 0. The molecular weight excluding hydrogens is 270 g/mol. The van der Waals surface area contributed by atoms with Crippen LogP contribution < -0.4 is 0 Å². The Labute approximate surface area is 135 Å². The van der Waals surface area contributed by atoms with Gasteiger partial charge in [-0.15, -0.1) is 0 Å². The third-order valence-electron chi connectivity index (χ3n) is 6.32. The Morgan fingerprint density at radius 2 is 1.86 bits per heavy atom. The lowest BCUT2D eigenvalue weighted by atomic mass is 9.70. The van der Waals surface area contributed by atoms with Crippen molar-refractivity contribution in [1.29, 1.82) is 0 Å². The zero-order valence-electron chi connectivity index (χ0n) is 14.5. The van der Waals surface area contributed by atoms with Gasteiger partial charge in [-0.1, -0.05) is 37.6 Å². The summed E-state index contributed by atoms with van der Waals surface area (Å²) in [6.07, 6.45) is 4.35. The summed E-state index contributed by atoms with van der Waals surface area (Å²) < 4.78 is 0. The van der Waals surface area contributed by atoms with Gasteiger partial charge in [-0.05, 0) is 57.1 Å². The minimum Gasteiger partial charge on any atom is -0.393 e. The van der Waals surface area contributed by atoms with E-state index in [0.29, 0.717) is 17.9 Å². The number of hydrogen-bond acceptors (Lipinski definition) is 2. The molecule has 0 amide bonds. The molecule has 0 bridgehead atoms. The highest BCUT2D eigenvalue weighted by Crippen LogP contribution is 2.43. The highest BCUT2D eigenvalue weighted by Gasteiger charge is 2.44. The van der Waals surface area contributed by atoms with Crippen LogP contribution in [0.1, 0.15) is 64.1 Å². The number of aliphatic hydroxyl groups is 1. The maximum absolute atomic E-state index is 10.7. The van der Waals surface area contributed by atoms with Crippen molar-refractivity contribution in [3.05, 3.63) is 35.4 Å². The molecule has 0 saturated heterocycles. The molecule has 0 unspecified atom stereocenters. The molecule has 0 spiro atoms. The minimum absolute atomic E-state index is 0.0481. The topological polar surface area (TPSA) is 23.5 Å². The maximum atomic E-state index is 10.7. The van der Waals surface area contributed by atoms with Crippen molar-refractivity contribution in [2.45, 2.75) is 71.1 Å². The Kier molecular flexibility index (Phi) is 4.35. The van der Waals surface area contributed by atoms with E-state index >= 15 is 0 Å². The summed E-state index contributed by atoms with van der Waals surface area (Å²) in [5.41, 5.74) is 3.02. The molecule has 1 saturated carbocycles. The average Bonchev–Trinajstić information content (AvgIpc) is 2.47. The van der Waals surface area contributed by atoms with Crippen LogP contribution in [0.25, 0.3) is 0 Å². The van der Waals surface area contributed by atoms with Crippen LogP contribution >= 0.6 is 0 Å².